The van der Waals surface area contributed by atoms with Crippen LogP contribution in [0.25, 0.3) is 0 Å². The zero-order valence-electron chi connectivity index (χ0n) is 18.5. The SMILES string of the molecule is COCc1ccccc1O[C@@H](c1ccccc1)[C@H]1CCCN(C(=O)OC(C)(C)C)C1. The number of para-hydroxylation sites is 1. The average molecular weight is 412 g/mol. The van der Waals surface area contributed by atoms with Crippen molar-refractivity contribution in [3.05, 3.63) is 65.7 Å². The normalized spacial score (nSPS) is 18.0. The van der Waals surface area contributed by atoms with E-state index in [4.69, 9.17) is 14.2 Å². The number of benzene rings is 2. The lowest BCUT2D eigenvalue weighted by Gasteiger charge is -2.38. The monoisotopic (exact) mass is 411 g/mol. The summed E-state index contributed by atoms with van der Waals surface area (Å²) < 4.78 is 17.6. The number of hydrogen-bond donors (Lipinski definition) is 0. The molecule has 3 rings (SSSR count). The maximum absolute atomic E-state index is 12.7. The highest BCUT2D eigenvalue weighted by molar-refractivity contribution is 5.68. The van der Waals surface area contributed by atoms with Crippen LogP contribution in [-0.2, 0) is 16.1 Å². The molecule has 1 fully saturated rings. The average Bonchev–Trinajstić information content (AvgIpc) is 2.73. The van der Waals surface area contributed by atoms with Gasteiger partial charge in [0.2, 0.25) is 0 Å². The van der Waals surface area contributed by atoms with Crippen LogP contribution in [0.5, 0.6) is 5.75 Å². The lowest BCUT2D eigenvalue weighted by Crippen LogP contribution is -2.44. The van der Waals surface area contributed by atoms with E-state index >= 15 is 0 Å². The van der Waals surface area contributed by atoms with Crippen molar-refractivity contribution in [1.82, 2.24) is 4.90 Å². The molecule has 1 saturated heterocycles. The van der Waals surface area contributed by atoms with Gasteiger partial charge in [-0.2, -0.15) is 0 Å². The largest absolute Gasteiger partial charge is 0.485 e. The fourth-order valence-electron chi connectivity index (χ4n) is 3.86. The molecular weight excluding hydrogens is 378 g/mol. The van der Waals surface area contributed by atoms with E-state index < -0.39 is 5.60 Å². The molecule has 0 spiro atoms. The van der Waals surface area contributed by atoms with Gasteiger partial charge in [0.15, 0.2) is 0 Å². The highest BCUT2D eigenvalue weighted by Crippen LogP contribution is 2.35. The Kier molecular flexibility index (Phi) is 7.38. The Balaban J connectivity index is 1.83. The standard InChI is InChI=1S/C25H33NO4/c1-25(2,3)30-24(27)26-16-10-14-20(17-26)23(19-11-6-5-7-12-19)29-22-15-9-8-13-21(22)18-28-4/h5-9,11-13,15,20,23H,10,14,16-18H2,1-4H3/t20-,23-/m0/s1. The van der Waals surface area contributed by atoms with E-state index in [2.05, 4.69) is 12.1 Å². The first-order valence-electron chi connectivity index (χ1n) is 10.6. The zero-order valence-corrected chi connectivity index (χ0v) is 18.5. The van der Waals surface area contributed by atoms with Gasteiger partial charge in [-0.15, -0.1) is 0 Å². The Morgan fingerprint density at radius 1 is 1.10 bits per heavy atom. The van der Waals surface area contributed by atoms with E-state index in [0.29, 0.717) is 19.7 Å². The molecular formula is C25H33NO4. The van der Waals surface area contributed by atoms with Crippen molar-refractivity contribution in [2.45, 2.75) is 51.9 Å². The summed E-state index contributed by atoms with van der Waals surface area (Å²) in [6.45, 7) is 7.51. The van der Waals surface area contributed by atoms with Crippen LogP contribution in [0.1, 0.15) is 50.8 Å². The second-order valence-electron chi connectivity index (χ2n) is 8.82. The minimum Gasteiger partial charge on any atom is -0.485 e. The molecule has 1 aliphatic heterocycles. The lowest BCUT2D eigenvalue weighted by molar-refractivity contribution is 0.00560. The molecule has 162 valence electrons. The molecule has 2 aromatic rings. The maximum Gasteiger partial charge on any atom is 0.410 e. The summed E-state index contributed by atoms with van der Waals surface area (Å²) in [6, 6.07) is 18.2. The van der Waals surface area contributed by atoms with Gasteiger partial charge in [-0.3, -0.25) is 0 Å². The molecule has 1 heterocycles. The Hall–Kier alpha value is -2.53. The smallest absolute Gasteiger partial charge is 0.410 e. The number of rotatable bonds is 6. The second kappa shape index (κ2) is 9.98. The number of carbonyl (C=O) groups excluding carboxylic acids is 1. The van der Waals surface area contributed by atoms with Gasteiger partial charge in [-0.05, 0) is 45.2 Å². The molecule has 2 aromatic carbocycles. The summed E-state index contributed by atoms with van der Waals surface area (Å²) in [4.78, 5) is 14.5. The van der Waals surface area contributed by atoms with Crippen LogP contribution in [0.3, 0.4) is 0 Å². The van der Waals surface area contributed by atoms with Crippen molar-refractivity contribution in [1.29, 1.82) is 0 Å². The summed E-state index contributed by atoms with van der Waals surface area (Å²) in [7, 11) is 1.69. The molecule has 0 bridgehead atoms. The molecule has 5 heteroatoms. The molecule has 0 N–H and O–H groups in total. The van der Waals surface area contributed by atoms with Gasteiger partial charge in [-0.25, -0.2) is 4.79 Å². The zero-order chi connectivity index (χ0) is 21.6. The Labute approximate surface area is 179 Å². The van der Waals surface area contributed by atoms with Crippen molar-refractivity contribution >= 4 is 6.09 Å². The number of ether oxygens (including phenoxy) is 3. The molecule has 0 saturated carbocycles. The minimum absolute atomic E-state index is 0.158. The quantitative estimate of drug-likeness (QED) is 0.621. The van der Waals surface area contributed by atoms with Crippen molar-refractivity contribution in [2.75, 3.05) is 20.2 Å². The van der Waals surface area contributed by atoms with Crippen LogP contribution in [0.2, 0.25) is 0 Å². The topological polar surface area (TPSA) is 48.0 Å². The van der Waals surface area contributed by atoms with Gasteiger partial charge in [0.1, 0.15) is 17.5 Å². The fourth-order valence-corrected chi connectivity index (χ4v) is 3.86. The Morgan fingerprint density at radius 2 is 1.80 bits per heavy atom. The van der Waals surface area contributed by atoms with Gasteiger partial charge >= 0.3 is 6.09 Å². The minimum atomic E-state index is -0.502. The molecule has 0 radical (unpaired) electrons. The van der Waals surface area contributed by atoms with E-state index in [0.717, 1.165) is 29.7 Å². The molecule has 30 heavy (non-hydrogen) atoms. The van der Waals surface area contributed by atoms with Gasteiger partial charge < -0.3 is 19.1 Å². The summed E-state index contributed by atoms with van der Waals surface area (Å²) in [6.07, 6.45) is 1.51. The van der Waals surface area contributed by atoms with Crippen molar-refractivity contribution in [3.8, 4) is 5.75 Å². The van der Waals surface area contributed by atoms with Crippen molar-refractivity contribution in [3.63, 3.8) is 0 Å². The van der Waals surface area contributed by atoms with Crippen LogP contribution in [-0.4, -0.2) is 36.8 Å². The number of methoxy groups -OCH3 is 1. The van der Waals surface area contributed by atoms with Gasteiger partial charge in [0.05, 0.1) is 6.61 Å². The van der Waals surface area contributed by atoms with Crippen LogP contribution >= 0.6 is 0 Å². The summed E-state index contributed by atoms with van der Waals surface area (Å²) in [5.74, 6) is 0.992. The number of piperidine rings is 1. The molecule has 1 amide bonds. The lowest BCUT2D eigenvalue weighted by atomic mass is 9.88. The molecule has 5 nitrogen and oxygen atoms in total. The third-order valence-electron chi connectivity index (χ3n) is 5.19. The highest BCUT2D eigenvalue weighted by atomic mass is 16.6. The van der Waals surface area contributed by atoms with Gasteiger partial charge in [-0.1, -0.05) is 48.5 Å². The molecule has 0 aliphatic carbocycles. The summed E-state index contributed by atoms with van der Waals surface area (Å²) in [5.41, 5.74) is 1.62. The fraction of sp³-hybridized carbons (Fsp3) is 0.480. The maximum atomic E-state index is 12.7. The van der Waals surface area contributed by atoms with E-state index in [1.165, 1.54) is 0 Å². The predicted molar refractivity (Wildman–Crippen MR) is 117 cm³/mol. The number of nitrogens with zero attached hydrogens (tertiary/aromatic N) is 1. The Bertz CT molecular complexity index is 815. The first-order valence-corrected chi connectivity index (χ1v) is 10.6. The van der Waals surface area contributed by atoms with Crippen LogP contribution in [0, 0.1) is 5.92 Å². The number of hydrogen-bond acceptors (Lipinski definition) is 4. The van der Waals surface area contributed by atoms with Crippen LogP contribution < -0.4 is 4.74 Å². The molecule has 2 atom stereocenters. The third-order valence-corrected chi connectivity index (χ3v) is 5.19. The predicted octanol–water partition coefficient (Wildman–Crippen LogP) is 5.60. The third kappa shape index (κ3) is 5.99. The summed E-state index contributed by atoms with van der Waals surface area (Å²) in [5, 5.41) is 0. The van der Waals surface area contributed by atoms with E-state index in [1.807, 2.05) is 68.1 Å². The number of amides is 1. The first kappa shape index (κ1) is 22.2. The van der Waals surface area contributed by atoms with Crippen LogP contribution in [0.4, 0.5) is 4.79 Å². The van der Waals surface area contributed by atoms with Crippen molar-refractivity contribution in [2.24, 2.45) is 5.92 Å². The van der Waals surface area contributed by atoms with Crippen molar-refractivity contribution < 1.29 is 19.0 Å². The van der Waals surface area contributed by atoms with E-state index in [-0.39, 0.29) is 18.1 Å². The molecule has 0 unspecified atom stereocenters. The van der Waals surface area contributed by atoms with E-state index in [1.54, 1.807) is 7.11 Å². The van der Waals surface area contributed by atoms with Gasteiger partial charge in [0.25, 0.3) is 0 Å². The number of likely N-dealkylation sites (tertiary alicyclic amines) is 1. The number of carbonyl (C=O) groups is 1. The highest BCUT2D eigenvalue weighted by Gasteiger charge is 2.34. The molecule has 1 aliphatic rings. The van der Waals surface area contributed by atoms with E-state index in [9.17, 15) is 4.79 Å². The molecule has 0 aromatic heterocycles. The first-order chi connectivity index (χ1) is 14.4. The van der Waals surface area contributed by atoms with Crippen LogP contribution in [0.15, 0.2) is 54.6 Å². The Morgan fingerprint density at radius 3 is 2.50 bits per heavy atom. The van der Waals surface area contributed by atoms with Gasteiger partial charge in [0, 0.05) is 31.7 Å². The second-order valence-corrected chi connectivity index (χ2v) is 8.82. The summed E-state index contributed by atoms with van der Waals surface area (Å²) >= 11 is 0.